The number of hydrogen-bond donors (Lipinski definition) is 2. The normalized spacial score (nSPS) is 18.7. The molecule has 2 N–H and O–H groups in total. The number of carbonyl (C=O) groups is 3. The monoisotopic (exact) mass is 431 g/mol. The molecule has 29 heavy (non-hydrogen) atoms. The fraction of sp³-hybridized carbons (Fsp3) is 0.286. The van der Waals surface area contributed by atoms with Gasteiger partial charge >= 0.3 is 6.03 Å². The molecule has 0 aliphatic carbocycles. The van der Waals surface area contributed by atoms with E-state index in [4.69, 9.17) is 11.6 Å². The summed E-state index contributed by atoms with van der Waals surface area (Å²) in [6.07, 6.45) is 0. The molecule has 152 valence electrons. The molecule has 0 bridgehead atoms. The summed E-state index contributed by atoms with van der Waals surface area (Å²) in [6, 6.07) is 14.2. The molecule has 6 nitrogen and oxygen atoms in total. The van der Waals surface area contributed by atoms with Crippen LogP contribution in [-0.4, -0.2) is 41.6 Å². The van der Waals surface area contributed by atoms with Crippen molar-refractivity contribution in [2.24, 2.45) is 0 Å². The standard InChI is InChI=1S/C21H22ClN3O3S/c1-14-3-9-17(10-4-14)29-12-11-23-18(26)13-25-19(27)21(2,24-20(25)28)15-5-7-16(22)8-6-15/h3-10H,11-13H2,1-2H3,(H,23,26)(H,24,28)/t21-/m1/s1. The average molecular weight is 432 g/mol. The van der Waals surface area contributed by atoms with E-state index >= 15 is 0 Å². The summed E-state index contributed by atoms with van der Waals surface area (Å²) in [5.41, 5.74) is 0.586. The molecule has 3 rings (SSSR count). The Labute approximate surface area is 179 Å². The van der Waals surface area contributed by atoms with E-state index in [1.54, 1.807) is 43.0 Å². The van der Waals surface area contributed by atoms with Crippen LogP contribution in [0.1, 0.15) is 18.1 Å². The van der Waals surface area contributed by atoms with Crippen LogP contribution in [0.15, 0.2) is 53.4 Å². The van der Waals surface area contributed by atoms with Crippen molar-refractivity contribution in [3.8, 4) is 0 Å². The Bertz CT molecular complexity index is 918. The summed E-state index contributed by atoms with van der Waals surface area (Å²) in [5, 5.41) is 5.97. The predicted molar refractivity (Wildman–Crippen MR) is 114 cm³/mol. The Hall–Kier alpha value is -2.51. The van der Waals surface area contributed by atoms with Crippen molar-refractivity contribution in [3.05, 3.63) is 64.7 Å². The van der Waals surface area contributed by atoms with Crippen molar-refractivity contribution in [1.29, 1.82) is 0 Å². The molecule has 1 saturated heterocycles. The quantitative estimate of drug-likeness (QED) is 0.400. The van der Waals surface area contributed by atoms with Crippen molar-refractivity contribution in [2.75, 3.05) is 18.8 Å². The second-order valence-electron chi connectivity index (χ2n) is 6.96. The first-order chi connectivity index (χ1) is 13.8. The SMILES string of the molecule is Cc1ccc(SCCNC(=O)CN2C(=O)N[C@](C)(c3ccc(Cl)cc3)C2=O)cc1. The van der Waals surface area contributed by atoms with Crippen LogP contribution in [-0.2, 0) is 15.1 Å². The van der Waals surface area contributed by atoms with Crippen LogP contribution >= 0.6 is 23.4 Å². The van der Waals surface area contributed by atoms with E-state index in [9.17, 15) is 14.4 Å². The molecule has 1 aliphatic rings. The van der Waals surface area contributed by atoms with E-state index in [-0.39, 0.29) is 12.5 Å². The highest BCUT2D eigenvalue weighted by molar-refractivity contribution is 7.99. The van der Waals surface area contributed by atoms with Crippen LogP contribution in [0.4, 0.5) is 4.79 Å². The molecule has 4 amide bonds. The molecule has 0 spiro atoms. The lowest BCUT2D eigenvalue weighted by Gasteiger charge is -2.22. The Morgan fingerprint density at radius 1 is 1.14 bits per heavy atom. The molecule has 2 aromatic carbocycles. The molecule has 1 heterocycles. The van der Waals surface area contributed by atoms with Gasteiger partial charge in [0.15, 0.2) is 0 Å². The van der Waals surface area contributed by atoms with E-state index in [1.807, 2.05) is 31.2 Å². The van der Waals surface area contributed by atoms with Gasteiger partial charge in [0.25, 0.3) is 5.91 Å². The number of thioether (sulfide) groups is 1. The van der Waals surface area contributed by atoms with Gasteiger partial charge in [-0.2, -0.15) is 0 Å². The zero-order valence-electron chi connectivity index (χ0n) is 16.2. The molecule has 1 aliphatic heterocycles. The maximum absolute atomic E-state index is 12.8. The zero-order valence-corrected chi connectivity index (χ0v) is 17.8. The lowest BCUT2D eigenvalue weighted by Crippen LogP contribution is -2.43. The van der Waals surface area contributed by atoms with Gasteiger partial charge in [-0.25, -0.2) is 4.79 Å². The number of imide groups is 1. The molecular weight excluding hydrogens is 410 g/mol. The van der Waals surface area contributed by atoms with Crippen molar-refractivity contribution >= 4 is 41.2 Å². The van der Waals surface area contributed by atoms with Crippen LogP contribution in [0.5, 0.6) is 0 Å². The minimum Gasteiger partial charge on any atom is -0.354 e. The Balaban J connectivity index is 1.52. The van der Waals surface area contributed by atoms with Crippen LogP contribution in [0, 0.1) is 6.92 Å². The minimum absolute atomic E-state index is 0.316. The zero-order chi connectivity index (χ0) is 21.0. The average Bonchev–Trinajstić information content (AvgIpc) is 2.91. The topological polar surface area (TPSA) is 78.5 Å². The molecule has 2 aromatic rings. The molecule has 0 radical (unpaired) electrons. The van der Waals surface area contributed by atoms with Gasteiger partial charge in [-0.05, 0) is 43.7 Å². The maximum Gasteiger partial charge on any atom is 0.325 e. The number of rotatable bonds is 7. The number of amides is 4. The Morgan fingerprint density at radius 3 is 2.45 bits per heavy atom. The van der Waals surface area contributed by atoms with E-state index in [0.29, 0.717) is 22.9 Å². The minimum atomic E-state index is -1.22. The number of aryl methyl sites for hydroxylation is 1. The first-order valence-electron chi connectivity index (χ1n) is 9.16. The van der Waals surface area contributed by atoms with Crippen LogP contribution < -0.4 is 10.6 Å². The highest BCUT2D eigenvalue weighted by Gasteiger charge is 2.49. The summed E-state index contributed by atoms with van der Waals surface area (Å²) in [6.45, 7) is 3.77. The van der Waals surface area contributed by atoms with Gasteiger partial charge < -0.3 is 10.6 Å². The van der Waals surface area contributed by atoms with Gasteiger partial charge in [0.1, 0.15) is 12.1 Å². The lowest BCUT2D eigenvalue weighted by atomic mass is 9.92. The number of nitrogens with one attached hydrogen (secondary N) is 2. The van der Waals surface area contributed by atoms with Crippen molar-refractivity contribution in [3.63, 3.8) is 0 Å². The highest BCUT2D eigenvalue weighted by atomic mass is 35.5. The van der Waals surface area contributed by atoms with Gasteiger partial charge in [-0.3, -0.25) is 14.5 Å². The van der Waals surface area contributed by atoms with Crippen molar-refractivity contribution in [2.45, 2.75) is 24.3 Å². The van der Waals surface area contributed by atoms with Gasteiger partial charge in [-0.15, -0.1) is 11.8 Å². The third-order valence-corrected chi connectivity index (χ3v) is 5.98. The van der Waals surface area contributed by atoms with E-state index in [0.717, 1.165) is 9.80 Å². The van der Waals surface area contributed by atoms with Crippen LogP contribution in [0.2, 0.25) is 5.02 Å². The molecule has 1 atom stereocenters. The van der Waals surface area contributed by atoms with Crippen molar-refractivity contribution < 1.29 is 14.4 Å². The van der Waals surface area contributed by atoms with Crippen molar-refractivity contribution in [1.82, 2.24) is 15.5 Å². The number of nitrogens with zero attached hydrogens (tertiary/aromatic N) is 1. The first-order valence-corrected chi connectivity index (χ1v) is 10.5. The lowest BCUT2D eigenvalue weighted by molar-refractivity contribution is -0.134. The van der Waals surface area contributed by atoms with Gasteiger partial charge in [-0.1, -0.05) is 41.4 Å². The maximum atomic E-state index is 12.8. The summed E-state index contributed by atoms with van der Waals surface area (Å²) < 4.78 is 0. The number of benzene rings is 2. The van der Waals surface area contributed by atoms with E-state index in [2.05, 4.69) is 10.6 Å². The number of carbonyl (C=O) groups excluding carboxylic acids is 3. The first kappa shape index (κ1) is 21.2. The van der Waals surface area contributed by atoms with Crippen LogP contribution in [0.25, 0.3) is 0 Å². The molecule has 0 unspecified atom stereocenters. The highest BCUT2D eigenvalue weighted by Crippen LogP contribution is 2.29. The Morgan fingerprint density at radius 2 is 1.79 bits per heavy atom. The molecule has 1 fully saturated rings. The summed E-state index contributed by atoms with van der Waals surface area (Å²) in [5.74, 6) is -0.149. The largest absolute Gasteiger partial charge is 0.354 e. The summed E-state index contributed by atoms with van der Waals surface area (Å²) in [7, 11) is 0. The number of urea groups is 1. The third-order valence-electron chi connectivity index (χ3n) is 4.71. The van der Waals surface area contributed by atoms with Gasteiger partial charge in [0.2, 0.25) is 5.91 Å². The van der Waals surface area contributed by atoms with Gasteiger partial charge in [0, 0.05) is 22.2 Å². The fourth-order valence-electron chi connectivity index (χ4n) is 3.01. The van der Waals surface area contributed by atoms with Crippen LogP contribution in [0.3, 0.4) is 0 Å². The fourth-order valence-corrected chi connectivity index (χ4v) is 3.91. The predicted octanol–water partition coefficient (Wildman–Crippen LogP) is 3.32. The molecule has 8 heteroatoms. The van der Waals surface area contributed by atoms with Gasteiger partial charge in [0.05, 0.1) is 0 Å². The number of hydrogen-bond acceptors (Lipinski definition) is 4. The molecule has 0 saturated carbocycles. The molecule has 0 aromatic heterocycles. The number of halogens is 1. The van der Waals surface area contributed by atoms with E-state index in [1.165, 1.54) is 5.56 Å². The summed E-state index contributed by atoms with van der Waals surface area (Å²) in [4.78, 5) is 39.4. The van der Waals surface area contributed by atoms with E-state index < -0.39 is 17.5 Å². The summed E-state index contributed by atoms with van der Waals surface area (Å²) >= 11 is 7.52. The third kappa shape index (κ3) is 4.92. The second kappa shape index (κ2) is 8.88. The smallest absolute Gasteiger partial charge is 0.325 e. The second-order valence-corrected chi connectivity index (χ2v) is 8.57. The Kier molecular flexibility index (Phi) is 6.49. The molecular formula is C21H22ClN3O3S.